The van der Waals surface area contributed by atoms with Crippen molar-refractivity contribution in [2.45, 2.75) is 11.8 Å². The lowest BCUT2D eigenvalue weighted by molar-refractivity contribution is 0.0391. The molecule has 0 saturated carbocycles. The number of hydrogen-bond acceptors (Lipinski definition) is 7. The smallest absolute Gasteiger partial charge is 0.261 e. The molecule has 0 atom stereocenters. The van der Waals surface area contributed by atoms with Crippen LogP contribution in [-0.4, -0.2) is 69.9 Å². The second kappa shape index (κ2) is 10.3. The molecule has 1 fully saturated rings. The van der Waals surface area contributed by atoms with Crippen LogP contribution in [0.15, 0.2) is 47.4 Å². The van der Waals surface area contributed by atoms with E-state index in [-0.39, 0.29) is 28.8 Å². The van der Waals surface area contributed by atoms with E-state index in [0.717, 1.165) is 35.1 Å². The number of ether oxygens (including phenoxy) is 1. The van der Waals surface area contributed by atoms with Crippen LogP contribution in [0.1, 0.15) is 15.9 Å². The maximum Gasteiger partial charge on any atom is 0.261 e. The highest BCUT2D eigenvalue weighted by Gasteiger charge is 2.27. The summed E-state index contributed by atoms with van der Waals surface area (Å²) < 4.78 is 31.0. The highest BCUT2D eigenvalue weighted by molar-refractivity contribution is 7.90. The molecule has 1 amide bonds. The van der Waals surface area contributed by atoms with Gasteiger partial charge in [-0.2, -0.15) is 0 Å². The maximum absolute atomic E-state index is 13.6. The van der Waals surface area contributed by atoms with Gasteiger partial charge in [0.1, 0.15) is 0 Å². The predicted molar refractivity (Wildman–Crippen MR) is 130 cm³/mol. The average Bonchev–Trinajstić information content (AvgIpc) is 3.19. The number of amides is 1. The number of aromatic nitrogens is 1. The van der Waals surface area contributed by atoms with Crippen LogP contribution in [0.4, 0.5) is 5.13 Å². The van der Waals surface area contributed by atoms with Gasteiger partial charge < -0.3 is 4.74 Å². The Morgan fingerprint density at radius 2 is 1.88 bits per heavy atom. The molecule has 1 saturated heterocycles. The Kier molecular flexibility index (Phi) is 7.89. The second-order valence-corrected chi connectivity index (χ2v) is 10.6. The first-order valence-electron chi connectivity index (χ1n) is 10.1. The molecular formula is C22H26ClN3O4S2. The maximum atomic E-state index is 13.6. The number of aryl methyl sites for hydroxylation is 1. The minimum absolute atomic E-state index is 0. The summed E-state index contributed by atoms with van der Waals surface area (Å²) in [6, 6.07) is 12.3. The van der Waals surface area contributed by atoms with Crippen molar-refractivity contribution in [2.75, 3.05) is 50.5 Å². The molecule has 1 aliphatic rings. The zero-order valence-corrected chi connectivity index (χ0v) is 20.4. The summed E-state index contributed by atoms with van der Waals surface area (Å²) in [5, 5.41) is 0.575. The fraction of sp³-hybridized carbons (Fsp3) is 0.364. The molecule has 4 rings (SSSR count). The monoisotopic (exact) mass is 495 g/mol. The van der Waals surface area contributed by atoms with Gasteiger partial charge in [-0.15, -0.1) is 12.4 Å². The number of fused-ring (bicyclic) bond motifs is 1. The van der Waals surface area contributed by atoms with Gasteiger partial charge in [-0.25, -0.2) is 13.4 Å². The van der Waals surface area contributed by atoms with Gasteiger partial charge in [0.25, 0.3) is 5.91 Å². The molecule has 0 spiro atoms. The molecule has 10 heteroatoms. The van der Waals surface area contributed by atoms with Crippen molar-refractivity contribution in [1.82, 2.24) is 9.88 Å². The molecular weight excluding hydrogens is 470 g/mol. The average molecular weight is 496 g/mol. The molecule has 7 nitrogen and oxygen atoms in total. The van der Waals surface area contributed by atoms with E-state index >= 15 is 0 Å². The second-order valence-electron chi connectivity index (χ2n) is 7.60. The number of morpholine rings is 1. The van der Waals surface area contributed by atoms with Gasteiger partial charge >= 0.3 is 0 Å². The third-order valence-corrected chi connectivity index (χ3v) is 7.54. The zero-order chi connectivity index (χ0) is 22.0. The van der Waals surface area contributed by atoms with Crippen molar-refractivity contribution >= 4 is 54.8 Å². The summed E-state index contributed by atoms with van der Waals surface area (Å²) in [7, 11) is -3.55. The van der Waals surface area contributed by atoms with Crippen LogP contribution in [0.3, 0.4) is 0 Å². The number of sulfone groups is 1. The molecule has 0 aliphatic carbocycles. The Morgan fingerprint density at radius 1 is 1.16 bits per heavy atom. The Bertz CT molecular complexity index is 1210. The van der Waals surface area contributed by atoms with E-state index in [2.05, 4.69) is 4.90 Å². The molecule has 1 aromatic heterocycles. The number of anilines is 1. The molecule has 2 aromatic carbocycles. The normalized spacial score (nSPS) is 14.8. The van der Waals surface area contributed by atoms with Crippen molar-refractivity contribution in [1.29, 1.82) is 0 Å². The van der Waals surface area contributed by atoms with Gasteiger partial charge in [0.2, 0.25) is 0 Å². The summed E-state index contributed by atoms with van der Waals surface area (Å²) in [6.45, 7) is 6.02. The van der Waals surface area contributed by atoms with E-state index in [1.165, 1.54) is 17.4 Å². The molecule has 0 N–H and O–H groups in total. The lowest BCUT2D eigenvalue weighted by atomic mass is 10.2. The minimum atomic E-state index is -3.55. The predicted octanol–water partition coefficient (Wildman–Crippen LogP) is 3.41. The molecule has 0 unspecified atom stereocenters. The van der Waals surface area contributed by atoms with Crippen LogP contribution >= 0.6 is 23.7 Å². The number of carbonyl (C=O) groups excluding carboxylic acids is 1. The number of halogens is 1. The fourth-order valence-corrected chi connectivity index (χ4v) is 5.60. The number of para-hydroxylation sites is 1. The van der Waals surface area contributed by atoms with E-state index < -0.39 is 9.84 Å². The van der Waals surface area contributed by atoms with E-state index in [4.69, 9.17) is 9.72 Å². The van der Waals surface area contributed by atoms with Crippen molar-refractivity contribution in [3.8, 4) is 0 Å². The summed E-state index contributed by atoms with van der Waals surface area (Å²) in [5.74, 6) is -0.356. The minimum Gasteiger partial charge on any atom is -0.379 e. The van der Waals surface area contributed by atoms with E-state index in [1.54, 1.807) is 23.1 Å². The Morgan fingerprint density at radius 3 is 2.56 bits per heavy atom. The molecule has 172 valence electrons. The summed E-state index contributed by atoms with van der Waals surface area (Å²) in [5.41, 5.74) is 2.07. The lowest BCUT2D eigenvalue weighted by Gasteiger charge is -2.29. The summed E-state index contributed by atoms with van der Waals surface area (Å²) in [4.78, 5) is 22.3. The van der Waals surface area contributed by atoms with Gasteiger partial charge in [0.15, 0.2) is 15.0 Å². The SMILES string of the molecule is Cc1cccc2sc(N(CCN3CCOCC3)C(=O)c3ccccc3S(C)(=O)=O)nc12.Cl. The first-order chi connectivity index (χ1) is 14.8. The van der Waals surface area contributed by atoms with Crippen molar-refractivity contribution in [3.63, 3.8) is 0 Å². The number of nitrogens with zero attached hydrogens (tertiary/aromatic N) is 3. The first kappa shape index (κ1) is 24.6. The Labute approximate surface area is 198 Å². The lowest BCUT2D eigenvalue weighted by Crippen LogP contribution is -2.43. The Balaban J connectivity index is 0.00000289. The van der Waals surface area contributed by atoms with Crippen LogP contribution in [-0.2, 0) is 14.6 Å². The van der Waals surface area contributed by atoms with E-state index in [9.17, 15) is 13.2 Å². The number of benzene rings is 2. The topological polar surface area (TPSA) is 79.8 Å². The number of carbonyl (C=O) groups is 1. The van der Waals surface area contributed by atoms with Crippen molar-refractivity contribution in [3.05, 3.63) is 53.6 Å². The van der Waals surface area contributed by atoms with Crippen LogP contribution < -0.4 is 4.90 Å². The number of rotatable bonds is 6. The van der Waals surface area contributed by atoms with Crippen LogP contribution in [0.5, 0.6) is 0 Å². The molecule has 3 aromatic rings. The molecule has 0 bridgehead atoms. The van der Waals surface area contributed by atoms with Crippen LogP contribution in [0.25, 0.3) is 10.2 Å². The van der Waals surface area contributed by atoms with Gasteiger partial charge in [0.05, 0.1) is 33.9 Å². The van der Waals surface area contributed by atoms with Crippen molar-refractivity contribution < 1.29 is 17.9 Å². The van der Waals surface area contributed by atoms with Gasteiger partial charge in [-0.1, -0.05) is 35.6 Å². The quantitative estimate of drug-likeness (QED) is 0.521. The number of thiazole rings is 1. The summed E-state index contributed by atoms with van der Waals surface area (Å²) in [6.07, 6.45) is 1.12. The Hall–Kier alpha value is -2.04. The van der Waals surface area contributed by atoms with Crippen LogP contribution in [0.2, 0.25) is 0 Å². The van der Waals surface area contributed by atoms with E-state index in [1.807, 2.05) is 25.1 Å². The van der Waals surface area contributed by atoms with E-state index in [0.29, 0.717) is 31.4 Å². The van der Waals surface area contributed by atoms with Crippen LogP contribution in [0, 0.1) is 6.92 Å². The zero-order valence-electron chi connectivity index (χ0n) is 18.0. The largest absolute Gasteiger partial charge is 0.379 e. The molecule has 2 heterocycles. The first-order valence-corrected chi connectivity index (χ1v) is 12.8. The van der Waals surface area contributed by atoms with Gasteiger partial charge in [-0.3, -0.25) is 14.6 Å². The third kappa shape index (κ3) is 5.29. The highest BCUT2D eigenvalue weighted by atomic mass is 35.5. The third-order valence-electron chi connectivity index (χ3n) is 5.35. The molecule has 32 heavy (non-hydrogen) atoms. The fourth-order valence-electron chi connectivity index (χ4n) is 3.65. The highest BCUT2D eigenvalue weighted by Crippen LogP contribution is 2.32. The summed E-state index contributed by atoms with van der Waals surface area (Å²) >= 11 is 1.44. The van der Waals surface area contributed by atoms with Gasteiger partial charge in [-0.05, 0) is 30.7 Å². The molecule has 1 aliphatic heterocycles. The van der Waals surface area contributed by atoms with Crippen molar-refractivity contribution in [2.24, 2.45) is 0 Å². The number of hydrogen-bond donors (Lipinski definition) is 0. The van der Waals surface area contributed by atoms with Gasteiger partial charge in [0, 0.05) is 32.4 Å². The standard InChI is InChI=1S/C22H25N3O4S2.ClH/c1-16-6-5-8-18-20(16)23-22(30-18)25(11-10-24-12-14-29-15-13-24)21(26)17-7-3-4-9-19(17)31(2,27)28;/h3-9H,10-15H2,1-2H3;1H. The molecule has 0 radical (unpaired) electrons.